The first-order chi connectivity index (χ1) is 14.6. The van der Waals surface area contributed by atoms with Gasteiger partial charge in [0.05, 0.1) is 11.4 Å². The lowest BCUT2D eigenvalue weighted by Crippen LogP contribution is -1.98. The van der Waals surface area contributed by atoms with Crippen LogP contribution >= 0.6 is 0 Å². The largest absolute Gasteiger partial charge is 0.438 e. The molecular formula is C27H24N2O. The summed E-state index contributed by atoms with van der Waals surface area (Å²) in [6, 6.07) is 22.8. The molecule has 5 rings (SSSR count). The van der Waals surface area contributed by atoms with Crippen molar-refractivity contribution in [2.75, 3.05) is 0 Å². The number of hydrogen-bond acceptors (Lipinski definition) is 3. The number of fused-ring (bicyclic) bond motifs is 3. The van der Waals surface area contributed by atoms with Gasteiger partial charge in [0, 0.05) is 28.1 Å². The van der Waals surface area contributed by atoms with Gasteiger partial charge in [-0.05, 0) is 66.8 Å². The molecule has 0 aliphatic carbocycles. The van der Waals surface area contributed by atoms with Gasteiger partial charge in [-0.3, -0.25) is 4.98 Å². The molecule has 2 aromatic carbocycles. The zero-order valence-electron chi connectivity index (χ0n) is 17.5. The Balaban J connectivity index is 1.60. The molecule has 0 fully saturated rings. The topological polar surface area (TPSA) is 38.9 Å². The van der Waals surface area contributed by atoms with E-state index >= 15 is 0 Å². The second-order valence-corrected chi connectivity index (χ2v) is 8.32. The van der Waals surface area contributed by atoms with Gasteiger partial charge in [0.2, 0.25) is 5.71 Å². The first-order valence-electron chi connectivity index (χ1n) is 10.4. The van der Waals surface area contributed by atoms with Crippen molar-refractivity contribution in [1.82, 2.24) is 9.97 Å². The average Bonchev–Trinajstić information content (AvgIpc) is 3.12. The summed E-state index contributed by atoms with van der Waals surface area (Å²) >= 11 is 0. The van der Waals surface area contributed by atoms with Crippen LogP contribution in [0, 0.1) is 12.8 Å². The van der Waals surface area contributed by atoms with Crippen LogP contribution < -0.4 is 0 Å². The third-order valence-electron chi connectivity index (χ3n) is 5.54. The molecule has 0 atom stereocenters. The lowest BCUT2D eigenvalue weighted by molar-refractivity contribution is 0.644. The molecule has 0 spiro atoms. The minimum absolute atomic E-state index is 0.615. The molecule has 148 valence electrons. The van der Waals surface area contributed by atoms with Crippen molar-refractivity contribution >= 4 is 22.1 Å². The van der Waals surface area contributed by atoms with Crippen LogP contribution in [0.25, 0.3) is 44.6 Å². The maximum absolute atomic E-state index is 6.07. The molecule has 3 heteroatoms. The minimum Gasteiger partial charge on any atom is -0.438 e. The van der Waals surface area contributed by atoms with Gasteiger partial charge in [-0.25, -0.2) is 4.98 Å². The zero-order chi connectivity index (χ0) is 20.7. The van der Waals surface area contributed by atoms with Crippen molar-refractivity contribution in [2.24, 2.45) is 5.92 Å². The lowest BCUT2D eigenvalue weighted by Gasteiger charge is -2.10. The summed E-state index contributed by atoms with van der Waals surface area (Å²) in [5, 5.41) is 2.10. The fourth-order valence-corrected chi connectivity index (χ4v) is 3.97. The first kappa shape index (κ1) is 18.6. The predicted molar refractivity (Wildman–Crippen MR) is 123 cm³/mol. The maximum atomic E-state index is 6.07. The van der Waals surface area contributed by atoms with Crippen molar-refractivity contribution in [2.45, 2.75) is 27.2 Å². The lowest BCUT2D eigenvalue weighted by atomic mass is 9.97. The van der Waals surface area contributed by atoms with Crippen molar-refractivity contribution in [3.63, 3.8) is 0 Å². The summed E-state index contributed by atoms with van der Waals surface area (Å²) in [6.45, 7) is 6.64. The summed E-state index contributed by atoms with van der Waals surface area (Å²) in [5.41, 5.74) is 8.23. The van der Waals surface area contributed by atoms with E-state index in [2.05, 4.69) is 63.2 Å². The summed E-state index contributed by atoms with van der Waals surface area (Å²) in [4.78, 5) is 9.46. The molecule has 0 radical (unpaired) electrons. The van der Waals surface area contributed by atoms with E-state index in [-0.39, 0.29) is 0 Å². The Kier molecular flexibility index (Phi) is 4.59. The molecule has 0 saturated carbocycles. The van der Waals surface area contributed by atoms with E-state index < -0.39 is 0 Å². The van der Waals surface area contributed by atoms with E-state index in [1.165, 1.54) is 11.1 Å². The van der Waals surface area contributed by atoms with Gasteiger partial charge in [-0.2, -0.15) is 0 Å². The monoisotopic (exact) mass is 392 g/mol. The molecule has 3 nitrogen and oxygen atoms in total. The van der Waals surface area contributed by atoms with Gasteiger partial charge < -0.3 is 4.42 Å². The van der Waals surface area contributed by atoms with Crippen LogP contribution in [0.5, 0.6) is 0 Å². The number of pyridine rings is 2. The second-order valence-electron chi connectivity index (χ2n) is 8.32. The molecule has 0 unspecified atom stereocenters. The van der Waals surface area contributed by atoms with E-state index in [4.69, 9.17) is 14.4 Å². The van der Waals surface area contributed by atoms with Crippen molar-refractivity contribution in [3.8, 4) is 22.5 Å². The van der Waals surface area contributed by atoms with E-state index in [1.807, 2.05) is 30.5 Å². The molecule has 0 amide bonds. The third-order valence-corrected chi connectivity index (χ3v) is 5.54. The zero-order valence-corrected chi connectivity index (χ0v) is 17.5. The number of benzene rings is 2. The fourth-order valence-electron chi connectivity index (χ4n) is 3.97. The van der Waals surface area contributed by atoms with Gasteiger partial charge in [-0.1, -0.05) is 44.2 Å². The molecule has 0 bridgehead atoms. The maximum Gasteiger partial charge on any atom is 0.227 e. The molecule has 3 heterocycles. The number of nitrogens with zero attached hydrogens (tertiary/aromatic N) is 2. The standard InChI is InChI=1S/C27H24N2O/c1-17(2)13-21-15-25(28-16-18(21)3)20-9-12-26-23(14-20)22-10-11-24(29-27(22)30-26)19-7-5-4-6-8-19/h4-12,14-17H,13H2,1-3H3. The Labute approximate surface area is 176 Å². The van der Waals surface area contributed by atoms with Gasteiger partial charge in [0.1, 0.15) is 5.58 Å². The van der Waals surface area contributed by atoms with Crippen molar-refractivity contribution in [3.05, 3.63) is 84.1 Å². The summed E-state index contributed by atoms with van der Waals surface area (Å²) in [7, 11) is 0. The van der Waals surface area contributed by atoms with Crippen LogP contribution in [0.1, 0.15) is 25.0 Å². The van der Waals surface area contributed by atoms with Gasteiger partial charge >= 0.3 is 0 Å². The van der Waals surface area contributed by atoms with Gasteiger partial charge in [-0.15, -0.1) is 0 Å². The molecule has 5 aromatic rings. The Hall–Kier alpha value is -3.46. The SMILES string of the molecule is Cc1cnc(-c2ccc3oc4nc(-c5ccccc5)ccc4c3c2)cc1CC(C)C. The Morgan fingerprint density at radius 2 is 1.67 bits per heavy atom. The number of hydrogen-bond donors (Lipinski definition) is 0. The normalized spacial score (nSPS) is 11.6. The Bertz CT molecular complexity index is 1350. The van der Waals surface area contributed by atoms with Crippen molar-refractivity contribution in [1.29, 1.82) is 0 Å². The van der Waals surface area contributed by atoms with Crippen LogP contribution in [-0.2, 0) is 6.42 Å². The van der Waals surface area contributed by atoms with Crippen LogP contribution in [0.4, 0.5) is 0 Å². The minimum atomic E-state index is 0.615. The highest BCUT2D eigenvalue weighted by atomic mass is 16.3. The number of furan rings is 1. The Morgan fingerprint density at radius 3 is 2.47 bits per heavy atom. The van der Waals surface area contributed by atoms with Gasteiger partial charge in [0.25, 0.3) is 0 Å². The van der Waals surface area contributed by atoms with Crippen LogP contribution in [0.3, 0.4) is 0 Å². The molecule has 0 saturated heterocycles. The summed E-state index contributed by atoms with van der Waals surface area (Å²) < 4.78 is 6.07. The average molecular weight is 393 g/mol. The second kappa shape index (κ2) is 7.42. The van der Waals surface area contributed by atoms with E-state index in [1.54, 1.807) is 0 Å². The smallest absolute Gasteiger partial charge is 0.227 e. The molecule has 3 aromatic heterocycles. The highest BCUT2D eigenvalue weighted by molar-refractivity contribution is 6.05. The van der Waals surface area contributed by atoms with Crippen molar-refractivity contribution < 1.29 is 4.42 Å². The Morgan fingerprint density at radius 1 is 0.833 bits per heavy atom. The third kappa shape index (κ3) is 3.37. The van der Waals surface area contributed by atoms with Gasteiger partial charge in [0.15, 0.2) is 0 Å². The van der Waals surface area contributed by atoms with E-state index in [0.717, 1.165) is 45.3 Å². The van der Waals surface area contributed by atoms with E-state index in [0.29, 0.717) is 11.6 Å². The molecule has 30 heavy (non-hydrogen) atoms. The first-order valence-corrected chi connectivity index (χ1v) is 10.4. The highest BCUT2D eigenvalue weighted by Crippen LogP contribution is 2.33. The van der Waals surface area contributed by atoms with Crippen LogP contribution in [0.15, 0.2) is 77.3 Å². The fraction of sp³-hybridized carbons (Fsp3) is 0.185. The quantitative estimate of drug-likeness (QED) is 0.324. The molecule has 0 aliphatic rings. The number of rotatable bonds is 4. The molecular weight excluding hydrogens is 368 g/mol. The molecule has 0 aliphatic heterocycles. The summed E-state index contributed by atoms with van der Waals surface area (Å²) in [5.74, 6) is 0.615. The van der Waals surface area contributed by atoms with E-state index in [9.17, 15) is 0 Å². The van der Waals surface area contributed by atoms with Crippen LogP contribution in [0.2, 0.25) is 0 Å². The molecule has 0 N–H and O–H groups in total. The highest BCUT2D eigenvalue weighted by Gasteiger charge is 2.12. The predicted octanol–water partition coefficient (Wildman–Crippen LogP) is 7.22. The number of aryl methyl sites for hydroxylation is 1. The van der Waals surface area contributed by atoms with Crippen LogP contribution in [-0.4, -0.2) is 9.97 Å². The summed E-state index contributed by atoms with van der Waals surface area (Å²) in [6.07, 6.45) is 3.04. The number of aromatic nitrogens is 2.